The number of rotatable bonds is 1. The third-order valence-electron chi connectivity index (χ3n) is 2.22. The van der Waals surface area contributed by atoms with E-state index in [1.807, 2.05) is 25.1 Å². The Bertz CT molecular complexity index is 511. The third kappa shape index (κ3) is 1.38. The van der Waals surface area contributed by atoms with Gasteiger partial charge in [0.05, 0.1) is 0 Å². The SMILES string of the molecule is CC(=O)c1oc2cc(Br)ccc2c1C. The summed E-state index contributed by atoms with van der Waals surface area (Å²) in [5.41, 5.74) is 1.67. The van der Waals surface area contributed by atoms with Crippen LogP contribution in [0.3, 0.4) is 0 Å². The molecule has 2 nitrogen and oxygen atoms in total. The van der Waals surface area contributed by atoms with Gasteiger partial charge in [0.2, 0.25) is 0 Å². The zero-order valence-electron chi connectivity index (χ0n) is 7.93. The minimum Gasteiger partial charge on any atom is -0.453 e. The van der Waals surface area contributed by atoms with Crippen LogP contribution in [0.4, 0.5) is 0 Å². The summed E-state index contributed by atoms with van der Waals surface area (Å²) in [4.78, 5) is 11.2. The van der Waals surface area contributed by atoms with Crippen LogP contribution in [0, 0.1) is 6.92 Å². The van der Waals surface area contributed by atoms with E-state index in [2.05, 4.69) is 15.9 Å². The van der Waals surface area contributed by atoms with Crippen molar-refractivity contribution in [1.29, 1.82) is 0 Å². The molecule has 0 saturated carbocycles. The van der Waals surface area contributed by atoms with E-state index in [-0.39, 0.29) is 5.78 Å². The van der Waals surface area contributed by atoms with E-state index in [9.17, 15) is 4.79 Å². The van der Waals surface area contributed by atoms with Gasteiger partial charge in [0, 0.05) is 22.3 Å². The van der Waals surface area contributed by atoms with Crippen molar-refractivity contribution in [2.45, 2.75) is 13.8 Å². The van der Waals surface area contributed by atoms with Gasteiger partial charge >= 0.3 is 0 Å². The average Bonchev–Trinajstić information content (AvgIpc) is 2.43. The predicted octanol–water partition coefficient (Wildman–Crippen LogP) is 3.71. The molecule has 1 heterocycles. The lowest BCUT2D eigenvalue weighted by atomic mass is 10.1. The van der Waals surface area contributed by atoms with Crippen LogP contribution < -0.4 is 0 Å². The highest BCUT2D eigenvalue weighted by molar-refractivity contribution is 9.10. The molecule has 0 bridgehead atoms. The van der Waals surface area contributed by atoms with E-state index in [1.165, 1.54) is 6.92 Å². The summed E-state index contributed by atoms with van der Waals surface area (Å²) in [7, 11) is 0. The molecule has 0 aliphatic carbocycles. The Morgan fingerprint density at radius 3 is 2.79 bits per heavy atom. The van der Waals surface area contributed by atoms with Crippen LogP contribution in [0.1, 0.15) is 23.0 Å². The highest BCUT2D eigenvalue weighted by Gasteiger charge is 2.13. The van der Waals surface area contributed by atoms with Crippen molar-refractivity contribution >= 4 is 32.7 Å². The number of halogens is 1. The molecular formula is C11H9BrO2. The first-order valence-corrected chi connectivity index (χ1v) is 5.08. The number of carbonyl (C=O) groups is 1. The second-order valence-corrected chi connectivity index (χ2v) is 4.17. The minimum atomic E-state index is -0.0326. The molecule has 2 rings (SSSR count). The number of hydrogen-bond acceptors (Lipinski definition) is 2. The van der Waals surface area contributed by atoms with Crippen molar-refractivity contribution in [3.05, 3.63) is 34.0 Å². The summed E-state index contributed by atoms with van der Waals surface area (Å²) >= 11 is 3.36. The van der Waals surface area contributed by atoms with Gasteiger partial charge < -0.3 is 4.42 Å². The maximum atomic E-state index is 11.2. The second kappa shape index (κ2) is 3.24. The summed E-state index contributed by atoms with van der Waals surface area (Å²) in [5.74, 6) is 0.424. The van der Waals surface area contributed by atoms with Crippen LogP contribution in [0.5, 0.6) is 0 Å². The van der Waals surface area contributed by atoms with E-state index < -0.39 is 0 Å². The topological polar surface area (TPSA) is 30.2 Å². The number of aryl methyl sites for hydroxylation is 1. The number of carbonyl (C=O) groups excluding carboxylic acids is 1. The lowest BCUT2D eigenvalue weighted by molar-refractivity contribution is 0.0988. The van der Waals surface area contributed by atoms with E-state index >= 15 is 0 Å². The quantitative estimate of drug-likeness (QED) is 0.725. The van der Waals surface area contributed by atoms with E-state index in [4.69, 9.17) is 4.42 Å². The Morgan fingerprint density at radius 1 is 1.43 bits per heavy atom. The van der Waals surface area contributed by atoms with Gasteiger partial charge in [-0.1, -0.05) is 15.9 Å². The maximum Gasteiger partial charge on any atom is 0.195 e. The van der Waals surface area contributed by atoms with Crippen LogP contribution >= 0.6 is 15.9 Å². The molecule has 2 aromatic rings. The molecule has 0 radical (unpaired) electrons. The molecule has 72 valence electrons. The van der Waals surface area contributed by atoms with Crippen molar-refractivity contribution < 1.29 is 9.21 Å². The van der Waals surface area contributed by atoms with Crippen LogP contribution in [0.2, 0.25) is 0 Å². The molecule has 0 N–H and O–H groups in total. The number of hydrogen-bond donors (Lipinski definition) is 0. The number of fused-ring (bicyclic) bond motifs is 1. The van der Waals surface area contributed by atoms with Gasteiger partial charge in [0.1, 0.15) is 5.58 Å². The van der Waals surface area contributed by atoms with Crippen LogP contribution in [0.15, 0.2) is 27.1 Å². The first-order chi connectivity index (χ1) is 6.59. The molecule has 0 spiro atoms. The Hall–Kier alpha value is -1.09. The van der Waals surface area contributed by atoms with Gasteiger partial charge in [-0.3, -0.25) is 4.79 Å². The molecule has 1 aromatic carbocycles. The molecule has 0 saturated heterocycles. The number of Topliss-reactive ketones (excluding diaryl/α,β-unsaturated/α-hetero) is 1. The molecule has 0 amide bonds. The first-order valence-electron chi connectivity index (χ1n) is 4.29. The Kier molecular flexibility index (Phi) is 2.19. The average molecular weight is 253 g/mol. The molecule has 0 aliphatic rings. The van der Waals surface area contributed by atoms with E-state index in [0.717, 1.165) is 21.0 Å². The van der Waals surface area contributed by atoms with Crippen LogP contribution in [0.25, 0.3) is 11.0 Å². The van der Waals surface area contributed by atoms with E-state index in [1.54, 1.807) is 0 Å². The highest BCUT2D eigenvalue weighted by atomic mass is 79.9. The predicted molar refractivity (Wildman–Crippen MR) is 58.7 cm³/mol. The Labute approximate surface area is 90.0 Å². The van der Waals surface area contributed by atoms with Crippen molar-refractivity contribution in [2.24, 2.45) is 0 Å². The van der Waals surface area contributed by atoms with Crippen molar-refractivity contribution in [3.63, 3.8) is 0 Å². The number of furan rings is 1. The fraction of sp³-hybridized carbons (Fsp3) is 0.182. The molecular weight excluding hydrogens is 244 g/mol. The third-order valence-corrected chi connectivity index (χ3v) is 2.71. The molecule has 3 heteroatoms. The Morgan fingerprint density at radius 2 is 2.14 bits per heavy atom. The van der Waals surface area contributed by atoms with Crippen molar-refractivity contribution in [1.82, 2.24) is 0 Å². The fourth-order valence-corrected chi connectivity index (χ4v) is 1.88. The molecule has 0 atom stereocenters. The molecule has 14 heavy (non-hydrogen) atoms. The van der Waals surface area contributed by atoms with Gasteiger partial charge in [0.15, 0.2) is 11.5 Å². The van der Waals surface area contributed by atoms with Crippen molar-refractivity contribution in [2.75, 3.05) is 0 Å². The molecule has 1 aromatic heterocycles. The highest BCUT2D eigenvalue weighted by Crippen LogP contribution is 2.27. The smallest absolute Gasteiger partial charge is 0.195 e. The normalized spacial score (nSPS) is 10.8. The monoisotopic (exact) mass is 252 g/mol. The second-order valence-electron chi connectivity index (χ2n) is 3.25. The summed E-state index contributed by atoms with van der Waals surface area (Å²) in [5, 5.41) is 0.999. The van der Waals surface area contributed by atoms with Gasteiger partial charge in [-0.25, -0.2) is 0 Å². The maximum absolute atomic E-state index is 11.2. The standard InChI is InChI=1S/C11H9BrO2/c1-6-9-4-3-8(12)5-10(9)14-11(6)7(2)13/h3-5H,1-2H3. The van der Waals surface area contributed by atoms with Gasteiger partial charge in [-0.15, -0.1) is 0 Å². The number of benzene rings is 1. The first kappa shape index (κ1) is 9.46. The zero-order chi connectivity index (χ0) is 10.3. The molecule has 0 fully saturated rings. The summed E-state index contributed by atoms with van der Waals surface area (Å²) in [6.45, 7) is 3.41. The lowest BCUT2D eigenvalue weighted by Crippen LogP contribution is -1.90. The fourth-order valence-electron chi connectivity index (χ4n) is 1.54. The molecule has 0 unspecified atom stereocenters. The molecule has 0 aliphatic heterocycles. The minimum absolute atomic E-state index is 0.0326. The van der Waals surface area contributed by atoms with Gasteiger partial charge in [-0.05, 0) is 25.1 Å². The zero-order valence-corrected chi connectivity index (χ0v) is 9.51. The number of ketones is 1. The van der Waals surface area contributed by atoms with Crippen LogP contribution in [-0.4, -0.2) is 5.78 Å². The Balaban J connectivity index is 2.79. The van der Waals surface area contributed by atoms with Crippen molar-refractivity contribution in [3.8, 4) is 0 Å². The van der Waals surface area contributed by atoms with Gasteiger partial charge in [0.25, 0.3) is 0 Å². The summed E-state index contributed by atoms with van der Waals surface area (Å²) in [6.07, 6.45) is 0. The largest absolute Gasteiger partial charge is 0.453 e. The lowest BCUT2D eigenvalue weighted by Gasteiger charge is -1.89. The van der Waals surface area contributed by atoms with Gasteiger partial charge in [-0.2, -0.15) is 0 Å². The summed E-state index contributed by atoms with van der Waals surface area (Å²) in [6, 6.07) is 5.76. The van der Waals surface area contributed by atoms with E-state index in [0.29, 0.717) is 5.76 Å². The van der Waals surface area contributed by atoms with Crippen LogP contribution in [-0.2, 0) is 0 Å². The summed E-state index contributed by atoms with van der Waals surface area (Å²) < 4.78 is 6.41.